The topological polar surface area (TPSA) is 154 Å². The second kappa shape index (κ2) is 11.6. The molecule has 0 bridgehead atoms. The first-order valence-electron chi connectivity index (χ1n) is 7.84. The summed E-state index contributed by atoms with van der Waals surface area (Å²) < 4.78 is 0. The summed E-state index contributed by atoms with van der Waals surface area (Å²) in [6.45, 7) is 3.68. The summed E-state index contributed by atoms with van der Waals surface area (Å²) in [5, 5.41) is 15.3. The molecule has 2 aromatic carbocycles. The van der Waals surface area contributed by atoms with E-state index in [0.29, 0.717) is 0 Å². The SMILES string of the molecule is C/C(=N\N=C(N)N)c1ccc(-c2ccc(/C(C)=N/N=C(N)N)cc2)cc1.Cl.Cl. The Bertz CT molecular complexity index is 801. The summed E-state index contributed by atoms with van der Waals surface area (Å²) >= 11 is 0. The fourth-order valence-electron chi connectivity index (χ4n) is 2.19. The average Bonchev–Trinajstić information content (AvgIpc) is 2.64. The molecule has 0 spiro atoms. The van der Waals surface area contributed by atoms with Gasteiger partial charge in [-0.1, -0.05) is 48.5 Å². The second-order valence-electron chi connectivity index (χ2n) is 5.58. The molecule has 10 heteroatoms. The van der Waals surface area contributed by atoms with E-state index in [4.69, 9.17) is 22.9 Å². The van der Waals surface area contributed by atoms with Gasteiger partial charge in [-0.3, -0.25) is 0 Å². The molecule has 0 radical (unpaired) electrons. The molecular formula is C18H24Cl2N8. The number of halogens is 2. The van der Waals surface area contributed by atoms with Crippen molar-refractivity contribution in [1.29, 1.82) is 0 Å². The van der Waals surface area contributed by atoms with Gasteiger partial charge in [0.15, 0.2) is 0 Å². The van der Waals surface area contributed by atoms with Crippen LogP contribution in [0.3, 0.4) is 0 Å². The monoisotopic (exact) mass is 422 g/mol. The molecular weight excluding hydrogens is 399 g/mol. The van der Waals surface area contributed by atoms with E-state index in [0.717, 1.165) is 33.7 Å². The molecule has 0 saturated heterocycles. The lowest BCUT2D eigenvalue weighted by Gasteiger charge is -2.06. The fraction of sp³-hybridized carbons (Fsp3) is 0.111. The van der Waals surface area contributed by atoms with E-state index in [-0.39, 0.29) is 36.7 Å². The Balaban J connectivity index is 0.00000364. The van der Waals surface area contributed by atoms with Crippen LogP contribution >= 0.6 is 24.8 Å². The van der Waals surface area contributed by atoms with Crippen LogP contribution in [-0.2, 0) is 0 Å². The highest BCUT2D eigenvalue weighted by molar-refractivity contribution is 6.00. The summed E-state index contributed by atoms with van der Waals surface area (Å²) in [4.78, 5) is 0. The van der Waals surface area contributed by atoms with Gasteiger partial charge >= 0.3 is 0 Å². The van der Waals surface area contributed by atoms with Gasteiger partial charge in [0.2, 0.25) is 11.9 Å². The van der Waals surface area contributed by atoms with Gasteiger partial charge < -0.3 is 22.9 Å². The van der Waals surface area contributed by atoms with Crippen molar-refractivity contribution in [3.63, 3.8) is 0 Å². The molecule has 0 heterocycles. The van der Waals surface area contributed by atoms with Crippen LogP contribution < -0.4 is 22.9 Å². The second-order valence-corrected chi connectivity index (χ2v) is 5.58. The molecule has 0 amide bonds. The van der Waals surface area contributed by atoms with Gasteiger partial charge in [-0.15, -0.1) is 35.0 Å². The Morgan fingerprint density at radius 1 is 0.536 bits per heavy atom. The predicted molar refractivity (Wildman–Crippen MR) is 122 cm³/mol. The molecule has 0 fully saturated rings. The normalized spacial score (nSPS) is 10.9. The van der Waals surface area contributed by atoms with E-state index in [1.165, 1.54) is 0 Å². The minimum atomic E-state index is -0.0697. The lowest BCUT2D eigenvalue weighted by Crippen LogP contribution is -2.22. The fourth-order valence-corrected chi connectivity index (χ4v) is 2.19. The molecule has 0 aromatic heterocycles. The number of nitrogens with zero attached hydrogens (tertiary/aromatic N) is 4. The zero-order valence-corrected chi connectivity index (χ0v) is 17.2. The van der Waals surface area contributed by atoms with Crippen molar-refractivity contribution in [2.45, 2.75) is 13.8 Å². The van der Waals surface area contributed by atoms with Crippen LogP contribution in [0.25, 0.3) is 11.1 Å². The standard InChI is InChI=1S/C18H22N8.2ClH/c1-11(23-25-17(19)20)13-3-7-15(8-4-13)16-9-5-14(6-10-16)12(2)24-26-18(21)22;;/h3-10H,1-2H3,(H4,19,20,25)(H4,21,22,26);2*1H/b23-11+,24-12+;;. The first-order chi connectivity index (χ1) is 12.4. The summed E-state index contributed by atoms with van der Waals surface area (Å²) in [6.07, 6.45) is 0. The number of hydrogen-bond donors (Lipinski definition) is 4. The third-order valence-electron chi connectivity index (χ3n) is 3.57. The molecule has 0 unspecified atom stereocenters. The molecule has 0 atom stereocenters. The number of rotatable bonds is 5. The number of benzene rings is 2. The molecule has 2 aromatic rings. The van der Waals surface area contributed by atoms with E-state index in [2.05, 4.69) is 20.4 Å². The highest BCUT2D eigenvalue weighted by Crippen LogP contribution is 2.21. The zero-order chi connectivity index (χ0) is 19.1. The predicted octanol–water partition coefficient (Wildman–Crippen LogP) is 2.19. The quantitative estimate of drug-likeness (QED) is 0.331. The molecule has 0 aliphatic carbocycles. The maximum Gasteiger partial charge on any atom is 0.211 e. The van der Waals surface area contributed by atoms with Crippen LogP contribution in [0.1, 0.15) is 25.0 Å². The van der Waals surface area contributed by atoms with Crippen LogP contribution in [0.5, 0.6) is 0 Å². The lowest BCUT2D eigenvalue weighted by atomic mass is 10.0. The maximum atomic E-state index is 5.28. The molecule has 0 aliphatic rings. The lowest BCUT2D eigenvalue weighted by molar-refractivity contribution is 1.19. The van der Waals surface area contributed by atoms with Crippen LogP contribution in [0.15, 0.2) is 68.9 Å². The van der Waals surface area contributed by atoms with Gasteiger partial charge in [-0.2, -0.15) is 10.2 Å². The van der Waals surface area contributed by atoms with Gasteiger partial charge in [-0.05, 0) is 36.1 Å². The van der Waals surface area contributed by atoms with E-state index in [1.807, 2.05) is 62.4 Å². The minimum Gasteiger partial charge on any atom is -0.369 e. The number of nitrogens with two attached hydrogens (primary N) is 4. The van der Waals surface area contributed by atoms with Crippen molar-refractivity contribution in [2.24, 2.45) is 43.3 Å². The highest BCUT2D eigenvalue weighted by Gasteiger charge is 2.02. The Morgan fingerprint density at radius 2 is 0.821 bits per heavy atom. The van der Waals surface area contributed by atoms with E-state index >= 15 is 0 Å². The Labute approximate surface area is 176 Å². The van der Waals surface area contributed by atoms with Crippen LogP contribution in [0, 0.1) is 0 Å². The molecule has 2 rings (SSSR count). The zero-order valence-electron chi connectivity index (χ0n) is 15.5. The van der Waals surface area contributed by atoms with Crippen LogP contribution in [0.4, 0.5) is 0 Å². The van der Waals surface area contributed by atoms with Crippen molar-refractivity contribution in [3.05, 3.63) is 59.7 Å². The highest BCUT2D eigenvalue weighted by atomic mass is 35.5. The Kier molecular flexibility index (Phi) is 10.3. The van der Waals surface area contributed by atoms with E-state index < -0.39 is 0 Å². The number of hydrogen-bond acceptors (Lipinski definition) is 4. The summed E-state index contributed by atoms with van der Waals surface area (Å²) in [5.74, 6) is -0.139. The third kappa shape index (κ3) is 7.26. The van der Waals surface area contributed by atoms with Gasteiger partial charge in [0.1, 0.15) is 0 Å². The van der Waals surface area contributed by atoms with Gasteiger partial charge in [0.25, 0.3) is 0 Å². The molecule has 0 aliphatic heterocycles. The molecule has 150 valence electrons. The summed E-state index contributed by atoms with van der Waals surface area (Å²) in [5.41, 5.74) is 26.6. The first kappa shape index (κ1) is 24.9. The van der Waals surface area contributed by atoms with Crippen LogP contribution in [0.2, 0.25) is 0 Å². The summed E-state index contributed by atoms with van der Waals surface area (Å²) in [7, 11) is 0. The van der Waals surface area contributed by atoms with Crippen molar-refractivity contribution in [3.8, 4) is 11.1 Å². The largest absolute Gasteiger partial charge is 0.369 e. The Morgan fingerprint density at radius 3 is 1.07 bits per heavy atom. The van der Waals surface area contributed by atoms with Crippen molar-refractivity contribution >= 4 is 48.2 Å². The average molecular weight is 423 g/mol. The number of guanidine groups is 2. The summed E-state index contributed by atoms with van der Waals surface area (Å²) in [6, 6.07) is 15.9. The first-order valence-corrected chi connectivity index (χ1v) is 7.84. The third-order valence-corrected chi connectivity index (χ3v) is 3.57. The van der Waals surface area contributed by atoms with Crippen LogP contribution in [-0.4, -0.2) is 23.3 Å². The van der Waals surface area contributed by atoms with Gasteiger partial charge in [0, 0.05) is 0 Å². The smallest absolute Gasteiger partial charge is 0.211 e. The molecule has 28 heavy (non-hydrogen) atoms. The van der Waals surface area contributed by atoms with Crippen molar-refractivity contribution in [1.82, 2.24) is 0 Å². The Hall–Kier alpha value is -3.10. The maximum absolute atomic E-state index is 5.28. The minimum absolute atomic E-state index is 0. The molecule has 0 saturated carbocycles. The van der Waals surface area contributed by atoms with E-state index in [1.54, 1.807) is 0 Å². The van der Waals surface area contributed by atoms with Gasteiger partial charge in [-0.25, -0.2) is 0 Å². The molecule has 8 nitrogen and oxygen atoms in total. The van der Waals surface area contributed by atoms with Crippen molar-refractivity contribution in [2.75, 3.05) is 0 Å². The molecule has 8 N–H and O–H groups in total. The van der Waals surface area contributed by atoms with Crippen molar-refractivity contribution < 1.29 is 0 Å². The van der Waals surface area contributed by atoms with Gasteiger partial charge in [0.05, 0.1) is 11.4 Å². The van der Waals surface area contributed by atoms with E-state index in [9.17, 15) is 0 Å².